The predicted octanol–water partition coefficient (Wildman–Crippen LogP) is 2.89. The highest BCUT2D eigenvalue weighted by molar-refractivity contribution is 5.90. The van der Waals surface area contributed by atoms with Gasteiger partial charge in [-0.3, -0.25) is 4.79 Å². The minimum Gasteiger partial charge on any atom is -0.372 e. The Balaban J connectivity index is 1.37. The van der Waals surface area contributed by atoms with Crippen molar-refractivity contribution in [1.82, 2.24) is 20.2 Å². The largest absolute Gasteiger partial charge is 0.372 e. The van der Waals surface area contributed by atoms with Crippen molar-refractivity contribution in [2.24, 2.45) is 0 Å². The number of aryl methyl sites for hydroxylation is 1. The zero-order chi connectivity index (χ0) is 18.6. The van der Waals surface area contributed by atoms with Gasteiger partial charge in [-0.1, -0.05) is 24.3 Å². The number of hydrogen-bond acceptors (Lipinski definition) is 5. The quantitative estimate of drug-likeness (QED) is 0.755. The third-order valence-corrected chi connectivity index (χ3v) is 4.75. The third-order valence-electron chi connectivity index (χ3n) is 4.75. The Labute approximate surface area is 158 Å². The average molecular weight is 362 g/mol. The van der Waals surface area contributed by atoms with Crippen LogP contribution in [0.4, 0.5) is 11.4 Å². The lowest BCUT2D eigenvalue weighted by Gasteiger charge is -2.17. The number of tetrazole rings is 1. The Morgan fingerprint density at radius 1 is 1.07 bits per heavy atom. The number of hydrogen-bond donors (Lipinski definition) is 1. The molecule has 2 aromatic carbocycles. The van der Waals surface area contributed by atoms with Crippen LogP contribution >= 0.6 is 0 Å². The van der Waals surface area contributed by atoms with Gasteiger partial charge in [0.15, 0.2) is 0 Å². The number of anilines is 2. The van der Waals surface area contributed by atoms with Crippen LogP contribution in [0.2, 0.25) is 0 Å². The zero-order valence-corrected chi connectivity index (χ0v) is 15.3. The molecule has 1 aromatic heterocycles. The van der Waals surface area contributed by atoms with E-state index < -0.39 is 0 Å². The predicted molar refractivity (Wildman–Crippen MR) is 105 cm³/mol. The summed E-state index contributed by atoms with van der Waals surface area (Å²) in [6.07, 6.45) is 2.49. The maximum atomic E-state index is 12.3. The van der Waals surface area contributed by atoms with Crippen LogP contribution in [-0.4, -0.2) is 39.2 Å². The van der Waals surface area contributed by atoms with Crippen LogP contribution in [0.5, 0.6) is 0 Å². The second-order valence-corrected chi connectivity index (χ2v) is 6.75. The first-order chi connectivity index (χ1) is 13.2. The van der Waals surface area contributed by atoms with Crippen LogP contribution < -0.4 is 10.2 Å². The molecule has 0 unspecified atom stereocenters. The van der Waals surface area contributed by atoms with E-state index in [1.165, 1.54) is 23.3 Å². The standard InChI is InChI=1S/C20H22N6O/c1-15-6-2-3-7-18(15)20-22-24-26(23-20)14-19(27)21-16-8-10-17(11-9-16)25-12-4-5-13-25/h2-3,6-11H,4-5,12-14H2,1H3,(H,21,27). The summed E-state index contributed by atoms with van der Waals surface area (Å²) in [5.74, 6) is 0.341. The van der Waals surface area contributed by atoms with E-state index >= 15 is 0 Å². The Morgan fingerprint density at radius 3 is 2.56 bits per heavy atom. The van der Waals surface area contributed by atoms with Crippen molar-refractivity contribution in [1.29, 1.82) is 0 Å². The molecule has 0 spiro atoms. The zero-order valence-electron chi connectivity index (χ0n) is 15.3. The van der Waals surface area contributed by atoms with Crippen molar-refractivity contribution in [3.63, 3.8) is 0 Å². The summed E-state index contributed by atoms with van der Waals surface area (Å²) < 4.78 is 0. The van der Waals surface area contributed by atoms with Gasteiger partial charge in [0, 0.05) is 30.0 Å². The van der Waals surface area contributed by atoms with Gasteiger partial charge in [-0.2, -0.15) is 4.80 Å². The van der Waals surface area contributed by atoms with Crippen molar-refractivity contribution >= 4 is 17.3 Å². The van der Waals surface area contributed by atoms with E-state index in [-0.39, 0.29) is 12.5 Å². The molecule has 1 amide bonds. The van der Waals surface area contributed by atoms with Crippen LogP contribution in [0.25, 0.3) is 11.4 Å². The minimum atomic E-state index is -0.183. The Kier molecular flexibility index (Phi) is 4.82. The number of nitrogens with one attached hydrogen (secondary N) is 1. The summed E-state index contributed by atoms with van der Waals surface area (Å²) in [5.41, 5.74) is 3.95. The molecular formula is C20H22N6O. The fourth-order valence-electron chi connectivity index (χ4n) is 3.30. The number of nitrogens with zero attached hydrogens (tertiary/aromatic N) is 5. The van der Waals surface area contributed by atoms with Gasteiger partial charge in [0.1, 0.15) is 6.54 Å². The topological polar surface area (TPSA) is 75.9 Å². The summed E-state index contributed by atoms with van der Waals surface area (Å²) in [7, 11) is 0. The number of aromatic nitrogens is 4. The molecule has 1 aliphatic heterocycles. The first-order valence-corrected chi connectivity index (χ1v) is 9.18. The molecule has 2 heterocycles. The molecule has 1 aliphatic rings. The van der Waals surface area contributed by atoms with Gasteiger partial charge in [0.25, 0.3) is 0 Å². The van der Waals surface area contributed by atoms with E-state index in [0.29, 0.717) is 5.82 Å². The highest BCUT2D eigenvalue weighted by Gasteiger charge is 2.13. The molecule has 1 saturated heterocycles. The summed E-state index contributed by atoms with van der Waals surface area (Å²) >= 11 is 0. The molecule has 0 saturated carbocycles. The smallest absolute Gasteiger partial charge is 0.248 e. The highest BCUT2D eigenvalue weighted by atomic mass is 16.2. The van der Waals surface area contributed by atoms with Gasteiger partial charge in [-0.15, -0.1) is 10.2 Å². The second kappa shape index (κ2) is 7.57. The van der Waals surface area contributed by atoms with E-state index in [1.54, 1.807) is 0 Å². The monoisotopic (exact) mass is 362 g/mol. The van der Waals surface area contributed by atoms with Crippen LogP contribution in [-0.2, 0) is 11.3 Å². The molecular weight excluding hydrogens is 340 g/mol. The van der Waals surface area contributed by atoms with Crippen LogP contribution in [0.1, 0.15) is 18.4 Å². The number of amides is 1. The number of benzene rings is 2. The Bertz CT molecular complexity index is 928. The van der Waals surface area contributed by atoms with Crippen LogP contribution in [0.3, 0.4) is 0 Å². The molecule has 0 atom stereocenters. The lowest BCUT2D eigenvalue weighted by atomic mass is 10.1. The first kappa shape index (κ1) is 17.2. The van der Waals surface area contributed by atoms with Crippen LogP contribution in [0.15, 0.2) is 48.5 Å². The molecule has 27 heavy (non-hydrogen) atoms. The summed E-state index contributed by atoms with van der Waals surface area (Å²) in [6.45, 7) is 4.22. The molecule has 1 N–H and O–H groups in total. The Hall–Kier alpha value is -3.22. The maximum Gasteiger partial charge on any atom is 0.248 e. The fraction of sp³-hybridized carbons (Fsp3) is 0.300. The lowest BCUT2D eigenvalue weighted by molar-refractivity contribution is -0.117. The van der Waals surface area contributed by atoms with Gasteiger partial charge in [0.2, 0.25) is 11.7 Å². The van der Waals surface area contributed by atoms with Crippen molar-refractivity contribution in [2.45, 2.75) is 26.3 Å². The summed E-state index contributed by atoms with van der Waals surface area (Å²) in [4.78, 5) is 16.0. The van der Waals surface area contributed by atoms with Crippen molar-refractivity contribution in [3.05, 3.63) is 54.1 Å². The molecule has 7 heteroatoms. The first-order valence-electron chi connectivity index (χ1n) is 9.18. The number of carbonyl (C=O) groups excluding carboxylic acids is 1. The molecule has 7 nitrogen and oxygen atoms in total. The van der Waals surface area contributed by atoms with E-state index in [0.717, 1.165) is 29.9 Å². The molecule has 0 radical (unpaired) electrons. The van der Waals surface area contributed by atoms with Gasteiger partial charge in [-0.25, -0.2) is 0 Å². The third kappa shape index (κ3) is 3.97. The minimum absolute atomic E-state index is 0.0206. The van der Waals surface area contributed by atoms with Crippen molar-refractivity contribution in [2.75, 3.05) is 23.3 Å². The molecule has 0 aliphatic carbocycles. The van der Waals surface area contributed by atoms with E-state index in [1.807, 2.05) is 55.5 Å². The van der Waals surface area contributed by atoms with Crippen LogP contribution in [0, 0.1) is 6.92 Å². The summed E-state index contributed by atoms with van der Waals surface area (Å²) in [5, 5.41) is 15.2. The fourth-order valence-corrected chi connectivity index (χ4v) is 3.30. The molecule has 4 rings (SSSR count). The average Bonchev–Trinajstić information content (AvgIpc) is 3.35. The molecule has 0 bridgehead atoms. The molecule has 3 aromatic rings. The number of rotatable bonds is 5. The molecule has 1 fully saturated rings. The van der Waals surface area contributed by atoms with Crippen molar-refractivity contribution < 1.29 is 4.79 Å². The van der Waals surface area contributed by atoms with Crippen molar-refractivity contribution in [3.8, 4) is 11.4 Å². The highest BCUT2D eigenvalue weighted by Crippen LogP contribution is 2.22. The summed E-state index contributed by atoms with van der Waals surface area (Å²) in [6, 6.07) is 15.8. The molecule has 138 valence electrons. The maximum absolute atomic E-state index is 12.3. The van der Waals surface area contributed by atoms with Gasteiger partial charge >= 0.3 is 0 Å². The van der Waals surface area contributed by atoms with E-state index in [2.05, 4.69) is 25.6 Å². The lowest BCUT2D eigenvalue weighted by Crippen LogP contribution is -2.21. The Morgan fingerprint density at radius 2 is 1.81 bits per heavy atom. The SMILES string of the molecule is Cc1ccccc1-c1nnn(CC(=O)Nc2ccc(N3CCCC3)cc2)n1. The number of carbonyl (C=O) groups is 1. The van der Waals surface area contributed by atoms with Gasteiger partial charge < -0.3 is 10.2 Å². The van der Waals surface area contributed by atoms with Gasteiger partial charge in [-0.05, 0) is 54.8 Å². The van der Waals surface area contributed by atoms with E-state index in [9.17, 15) is 4.79 Å². The normalized spacial score (nSPS) is 13.7. The second-order valence-electron chi connectivity index (χ2n) is 6.75. The van der Waals surface area contributed by atoms with E-state index in [4.69, 9.17) is 0 Å². The van der Waals surface area contributed by atoms with Gasteiger partial charge in [0.05, 0.1) is 0 Å².